The molecular weight excluding hydrogens is 275 g/mol. The van der Waals surface area contributed by atoms with Gasteiger partial charge in [0.15, 0.2) is 5.84 Å². The molecule has 0 atom stereocenters. The highest BCUT2D eigenvalue weighted by Gasteiger charge is 2.00. The van der Waals surface area contributed by atoms with Crippen LogP contribution in [0, 0.1) is 5.82 Å². The summed E-state index contributed by atoms with van der Waals surface area (Å²) >= 11 is 0. The SMILES string of the molecule is NC(=NO)c1ccc(OCCOc2cccc(F)c2)cc1. The Kier molecular flexibility index (Phi) is 4.98. The molecule has 2 aromatic carbocycles. The van der Waals surface area contributed by atoms with E-state index in [1.807, 2.05) is 0 Å². The number of hydrogen-bond donors (Lipinski definition) is 2. The van der Waals surface area contributed by atoms with E-state index in [2.05, 4.69) is 5.16 Å². The van der Waals surface area contributed by atoms with E-state index in [0.29, 0.717) is 30.3 Å². The normalized spacial score (nSPS) is 11.2. The standard InChI is InChI=1S/C15H15FN2O3/c16-12-2-1-3-14(10-12)21-9-8-20-13-6-4-11(5-7-13)15(17)18-19/h1-7,10,19H,8-9H2,(H2,17,18). The van der Waals surface area contributed by atoms with E-state index in [1.165, 1.54) is 12.1 Å². The molecule has 0 saturated carbocycles. The molecule has 0 aliphatic rings. The first-order valence-electron chi connectivity index (χ1n) is 6.28. The molecule has 0 saturated heterocycles. The van der Waals surface area contributed by atoms with Gasteiger partial charge in [0.1, 0.15) is 30.5 Å². The topological polar surface area (TPSA) is 77.1 Å². The Morgan fingerprint density at radius 2 is 1.71 bits per heavy atom. The Bertz CT molecular complexity index is 615. The van der Waals surface area contributed by atoms with Crippen molar-refractivity contribution in [3.63, 3.8) is 0 Å². The van der Waals surface area contributed by atoms with Gasteiger partial charge in [0.2, 0.25) is 0 Å². The third kappa shape index (κ3) is 4.38. The number of nitrogens with two attached hydrogens (primary N) is 1. The highest BCUT2D eigenvalue weighted by Crippen LogP contribution is 2.13. The maximum Gasteiger partial charge on any atom is 0.170 e. The first kappa shape index (κ1) is 14.6. The lowest BCUT2D eigenvalue weighted by molar-refractivity contribution is 0.216. The lowest BCUT2D eigenvalue weighted by Gasteiger charge is -2.08. The van der Waals surface area contributed by atoms with Crippen molar-refractivity contribution in [3.05, 3.63) is 59.9 Å². The minimum absolute atomic E-state index is 0.0380. The molecule has 0 aromatic heterocycles. The molecule has 0 bridgehead atoms. The molecule has 0 fully saturated rings. The first-order valence-corrected chi connectivity index (χ1v) is 6.28. The van der Waals surface area contributed by atoms with Crippen LogP contribution in [-0.4, -0.2) is 24.3 Å². The first-order chi connectivity index (χ1) is 10.2. The van der Waals surface area contributed by atoms with Crippen molar-refractivity contribution in [3.8, 4) is 11.5 Å². The Hall–Kier alpha value is -2.76. The summed E-state index contributed by atoms with van der Waals surface area (Å²) in [4.78, 5) is 0. The largest absolute Gasteiger partial charge is 0.490 e. The molecule has 2 rings (SSSR count). The molecule has 3 N–H and O–H groups in total. The summed E-state index contributed by atoms with van der Waals surface area (Å²) in [5.74, 6) is 0.788. The Morgan fingerprint density at radius 3 is 2.33 bits per heavy atom. The number of amidine groups is 1. The molecule has 0 aliphatic heterocycles. The van der Waals surface area contributed by atoms with Gasteiger partial charge in [-0.2, -0.15) is 0 Å². The molecule has 0 unspecified atom stereocenters. The summed E-state index contributed by atoms with van der Waals surface area (Å²) in [5, 5.41) is 11.5. The van der Waals surface area contributed by atoms with Gasteiger partial charge in [-0.1, -0.05) is 11.2 Å². The van der Waals surface area contributed by atoms with Crippen LogP contribution in [0.5, 0.6) is 11.5 Å². The minimum atomic E-state index is -0.341. The number of ether oxygens (including phenoxy) is 2. The number of oxime groups is 1. The van der Waals surface area contributed by atoms with Gasteiger partial charge < -0.3 is 20.4 Å². The van der Waals surface area contributed by atoms with Crippen molar-refractivity contribution in [2.45, 2.75) is 0 Å². The fraction of sp³-hybridized carbons (Fsp3) is 0.133. The van der Waals surface area contributed by atoms with Crippen LogP contribution in [0.4, 0.5) is 4.39 Å². The molecule has 0 amide bonds. The van der Waals surface area contributed by atoms with Crippen molar-refractivity contribution in [1.29, 1.82) is 0 Å². The van der Waals surface area contributed by atoms with E-state index in [0.717, 1.165) is 0 Å². The second kappa shape index (κ2) is 7.14. The molecule has 21 heavy (non-hydrogen) atoms. The van der Waals surface area contributed by atoms with Crippen molar-refractivity contribution in [2.24, 2.45) is 10.9 Å². The van der Waals surface area contributed by atoms with Gasteiger partial charge in [-0.15, -0.1) is 0 Å². The lowest BCUT2D eigenvalue weighted by atomic mass is 10.2. The summed E-state index contributed by atoms with van der Waals surface area (Å²) in [6.07, 6.45) is 0. The van der Waals surface area contributed by atoms with E-state index in [1.54, 1.807) is 36.4 Å². The summed E-state index contributed by atoms with van der Waals surface area (Å²) < 4.78 is 23.7. The smallest absolute Gasteiger partial charge is 0.170 e. The van der Waals surface area contributed by atoms with Crippen LogP contribution in [0.3, 0.4) is 0 Å². The molecule has 110 valence electrons. The van der Waals surface area contributed by atoms with E-state index < -0.39 is 0 Å². The number of nitrogens with zero attached hydrogens (tertiary/aromatic N) is 1. The zero-order valence-corrected chi connectivity index (χ0v) is 11.2. The maximum atomic E-state index is 12.9. The van der Waals surface area contributed by atoms with E-state index in [-0.39, 0.29) is 11.7 Å². The third-order valence-electron chi connectivity index (χ3n) is 2.67. The predicted octanol–water partition coefficient (Wildman–Crippen LogP) is 2.38. The van der Waals surface area contributed by atoms with Gasteiger partial charge in [-0.3, -0.25) is 0 Å². The van der Waals surface area contributed by atoms with Crippen molar-refractivity contribution >= 4 is 5.84 Å². The molecule has 0 heterocycles. The van der Waals surface area contributed by atoms with Crippen molar-refractivity contribution < 1.29 is 19.1 Å². The Balaban J connectivity index is 1.78. The van der Waals surface area contributed by atoms with E-state index in [4.69, 9.17) is 20.4 Å². The van der Waals surface area contributed by atoms with Gasteiger partial charge in [-0.05, 0) is 36.4 Å². The van der Waals surface area contributed by atoms with Crippen LogP contribution in [0.25, 0.3) is 0 Å². The van der Waals surface area contributed by atoms with Crippen molar-refractivity contribution in [2.75, 3.05) is 13.2 Å². The zero-order chi connectivity index (χ0) is 15.1. The lowest BCUT2D eigenvalue weighted by Crippen LogP contribution is -2.13. The number of rotatable bonds is 6. The average molecular weight is 290 g/mol. The van der Waals surface area contributed by atoms with Gasteiger partial charge in [0, 0.05) is 11.6 Å². The molecule has 0 aliphatic carbocycles. The van der Waals surface area contributed by atoms with Gasteiger partial charge in [-0.25, -0.2) is 4.39 Å². The van der Waals surface area contributed by atoms with Gasteiger partial charge >= 0.3 is 0 Å². The minimum Gasteiger partial charge on any atom is -0.490 e. The highest BCUT2D eigenvalue weighted by molar-refractivity contribution is 5.97. The summed E-state index contributed by atoms with van der Waals surface area (Å²) in [5.41, 5.74) is 6.05. The summed E-state index contributed by atoms with van der Waals surface area (Å²) in [6, 6.07) is 12.7. The van der Waals surface area contributed by atoms with Gasteiger partial charge in [0.25, 0.3) is 0 Å². The zero-order valence-electron chi connectivity index (χ0n) is 11.2. The van der Waals surface area contributed by atoms with Gasteiger partial charge in [0.05, 0.1) is 0 Å². The number of halogens is 1. The summed E-state index contributed by atoms with van der Waals surface area (Å²) in [6.45, 7) is 0.616. The van der Waals surface area contributed by atoms with Crippen LogP contribution in [0.2, 0.25) is 0 Å². The maximum absolute atomic E-state index is 12.9. The van der Waals surface area contributed by atoms with Crippen LogP contribution < -0.4 is 15.2 Å². The molecule has 0 spiro atoms. The van der Waals surface area contributed by atoms with E-state index in [9.17, 15) is 4.39 Å². The van der Waals surface area contributed by atoms with Crippen LogP contribution >= 0.6 is 0 Å². The molecule has 2 aromatic rings. The molecule has 6 heteroatoms. The number of benzene rings is 2. The average Bonchev–Trinajstić information content (AvgIpc) is 2.51. The fourth-order valence-electron chi connectivity index (χ4n) is 1.66. The van der Waals surface area contributed by atoms with E-state index >= 15 is 0 Å². The third-order valence-corrected chi connectivity index (χ3v) is 2.67. The monoisotopic (exact) mass is 290 g/mol. The number of hydrogen-bond acceptors (Lipinski definition) is 4. The van der Waals surface area contributed by atoms with Crippen molar-refractivity contribution in [1.82, 2.24) is 0 Å². The second-order valence-electron chi connectivity index (χ2n) is 4.16. The quantitative estimate of drug-likeness (QED) is 0.281. The second-order valence-corrected chi connectivity index (χ2v) is 4.16. The molecule has 0 radical (unpaired) electrons. The summed E-state index contributed by atoms with van der Waals surface area (Å²) in [7, 11) is 0. The molecular formula is C15H15FN2O3. The predicted molar refractivity (Wildman–Crippen MR) is 76.3 cm³/mol. The highest BCUT2D eigenvalue weighted by atomic mass is 19.1. The molecule has 5 nitrogen and oxygen atoms in total. The van der Waals surface area contributed by atoms with Crippen LogP contribution in [0.1, 0.15) is 5.56 Å². The van der Waals surface area contributed by atoms with Crippen LogP contribution in [0.15, 0.2) is 53.7 Å². The Labute approximate surface area is 121 Å². The van der Waals surface area contributed by atoms with Crippen LogP contribution in [-0.2, 0) is 0 Å². The fourth-order valence-corrected chi connectivity index (χ4v) is 1.66. The Morgan fingerprint density at radius 1 is 1.05 bits per heavy atom.